The summed E-state index contributed by atoms with van der Waals surface area (Å²) in [7, 11) is 3.22. The normalized spacial score (nSPS) is 14.6. The number of nitrogens with zero attached hydrogens (tertiary/aromatic N) is 3. The number of para-hydroxylation sites is 1. The summed E-state index contributed by atoms with van der Waals surface area (Å²) in [5.74, 6) is 1.22. The van der Waals surface area contributed by atoms with E-state index >= 15 is 0 Å². The predicted molar refractivity (Wildman–Crippen MR) is 151 cm³/mol. The third kappa shape index (κ3) is 5.82. The molecular formula is C28H31N3O3S2. The minimum absolute atomic E-state index is 0.0359. The first kappa shape index (κ1) is 26.0. The molecule has 36 heavy (non-hydrogen) atoms. The maximum Gasteiger partial charge on any atom is 0.266 e. The van der Waals surface area contributed by atoms with Gasteiger partial charge in [0.15, 0.2) is 11.5 Å². The van der Waals surface area contributed by atoms with Crippen LogP contribution in [-0.2, 0) is 4.79 Å². The quantitative estimate of drug-likeness (QED) is 0.158. The van der Waals surface area contributed by atoms with Crippen molar-refractivity contribution in [2.75, 3.05) is 20.8 Å². The Labute approximate surface area is 222 Å². The number of amides is 1. The summed E-state index contributed by atoms with van der Waals surface area (Å²) in [6, 6.07) is 15.6. The van der Waals surface area contributed by atoms with Gasteiger partial charge in [0, 0.05) is 23.9 Å². The van der Waals surface area contributed by atoms with Crippen LogP contribution in [0.3, 0.4) is 0 Å². The summed E-state index contributed by atoms with van der Waals surface area (Å²) in [5, 5.41) is 4.87. The average molecular weight is 522 g/mol. The summed E-state index contributed by atoms with van der Waals surface area (Å²) in [4.78, 5) is 15.6. The van der Waals surface area contributed by atoms with Gasteiger partial charge >= 0.3 is 0 Å². The predicted octanol–water partition coefficient (Wildman–Crippen LogP) is 6.73. The van der Waals surface area contributed by atoms with Gasteiger partial charge in [0.05, 0.1) is 24.8 Å². The van der Waals surface area contributed by atoms with E-state index in [0.29, 0.717) is 27.3 Å². The Morgan fingerprint density at radius 1 is 1.00 bits per heavy atom. The Hall–Kier alpha value is -3.10. The van der Waals surface area contributed by atoms with E-state index in [1.807, 2.05) is 65.5 Å². The molecule has 0 saturated carbocycles. The first-order valence-corrected chi connectivity index (χ1v) is 13.4. The van der Waals surface area contributed by atoms with Gasteiger partial charge in [-0.15, -0.1) is 0 Å². The fraction of sp³-hybridized carbons (Fsp3) is 0.321. The topological polar surface area (TPSA) is 56.6 Å². The molecule has 1 amide bonds. The zero-order valence-electron chi connectivity index (χ0n) is 20.9. The largest absolute Gasteiger partial charge is 0.493 e. The number of thioether (sulfide) groups is 1. The maximum absolute atomic E-state index is 13.2. The number of rotatable bonds is 11. The van der Waals surface area contributed by atoms with Crippen LogP contribution in [0.1, 0.15) is 44.6 Å². The van der Waals surface area contributed by atoms with Crippen LogP contribution in [0.5, 0.6) is 11.5 Å². The van der Waals surface area contributed by atoms with Gasteiger partial charge in [-0.3, -0.25) is 9.69 Å². The molecular weight excluding hydrogens is 490 g/mol. The molecule has 1 saturated heterocycles. The van der Waals surface area contributed by atoms with E-state index in [4.69, 9.17) is 26.8 Å². The molecule has 1 fully saturated rings. The molecule has 188 valence electrons. The SMILES string of the molecule is CCCCCCCN1C(=O)/C(=C/c2cn(-c3ccccc3)nc2-c2ccc(OC)c(OC)c2)SC1=S. The molecule has 0 N–H and O–H groups in total. The Morgan fingerprint density at radius 3 is 2.47 bits per heavy atom. The van der Waals surface area contributed by atoms with Crippen molar-refractivity contribution in [3.8, 4) is 28.4 Å². The highest BCUT2D eigenvalue weighted by atomic mass is 32.2. The Balaban J connectivity index is 1.67. The minimum atomic E-state index is -0.0359. The number of thiocarbonyl (C=S) groups is 1. The number of carbonyl (C=O) groups excluding carboxylic acids is 1. The molecule has 2 heterocycles. The van der Waals surface area contributed by atoms with Crippen molar-refractivity contribution in [2.24, 2.45) is 0 Å². The summed E-state index contributed by atoms with van der Waals surface area (Å²) >= 11 is 6.91. The fourth-order valence-electron chi connectivity index (χ4n) is 4.12. The second kappa shape index (κ2) is 12.2. The molecule has 0 aliphatic carbocycles. The van der Waals surface area contributed by atoms with Crippen LogP contribution in [0.15, 0.2) is 59.6 Å². The molecule has 0 radical (unpaired) electrons. The van der Waals surface area contributed by atoms with Gasteiger partial charge in [0.1, 0.15) is 10.0 Å². The lowest BCUT2D eigenvalue weighted by atomic mass is 10.1. The molecule has 0 spiro atoms. The van der Waals surface area contributed by atoms with E-state index < -0.39 is 0 Å². The zero-order valence-corrected chi connectivity index (χ0v) is 22.5. The average Bonchev–Trinajstić information content (AvgIpc) is 3.44. The van der Waals surface area contributed by atoms with Crippen molar-refractivity contribution in [2.45, 2.75) is 39.0 Å². The maximum atomic E-state index is 13.2. The Bertz CT molecular complexity index is 1250. The molecule has 1 aromatic heterocycles. The lowest BCUT2D eigenvalue weighted by molar-refractivity contribution is -0.122. The molecule has 0 bridgehead atoms. The van der Waals surface area contributed by atoms with Crippen LogP contribution in [0.25, 0.3) is 23.0 Å². The van der Waals surface area contributed by atoms with E-state index in [-0.39, 0.29) is 5.91 Å². The number of methoxy groups -OCH3 is 2. The highest BCUT2D eigenvalue weighted by Gasteiger charge is 2.32. The summed E-state index contributed by atoms with van der Waals surface area (Å²) < 4.78 is 13.4. The fourth-order valence-corrected chi connectivity index (χ4v) is 5.42. The second-order valence-corrected chi connectivity index (χ2v) is 10.2. The molecule has 1 aliphatic rings. The molecule has 2 aromatic carbocycles. The molecule has 1 aliphatic heterocycles. The van der Waals surface area contributed by atoms with E-state index in [2.05, 4.69) is 6.92 Å². The number of aromatic nitrogens is 2. The third-order valence-corrected chi connectivity index (χ3v) is 7.44. The van der Waals surface area contributed by atoms with Crippen LogP contribution >= 0.6 is 24.0 Å². The highest BCUT2D eigenvalue weighted by molar-refractivity contribution is 8.26. The molecule has 4 rings (SSSR count). The minimum Gasteiger partial charge on any atom is -0.493 e. The number of carbonyl (C=O) groups is 1. The van der Waals surface area contributed by atoms with Crippen molar-refractivity contribution >= 4 is 40.3 Å². The highest BCUT2D eigenvalue weighted by Crippen LogP contribution is 2.37. The van der Waals surface area contributed by atoms with Crippen molar-refractivity contribution in [3.05, 3.63) is 65.2 Å². The van der Waals surface area contributed by atoms with E-state index in [0.717, 1.165) is 35.3 Å². The van der Waals surface area contributed by atoms with Crippen LogP contribution in [0, 0.1) is 0 Å². The molecule has 3 aromatic rings. The van der Waals surface area contributed by atoms with Crippen LogP contribution in [0.2, 0.25) is 0 Å². The Morgan fingerprint density at radius 2 is 1.75 bits per heavy atom. The molecule has 0 atom stereocenters. The smallest absolute Gasteiger partial charge is 0.266 e. The van der Waals surface area contributed by atoms with Gasteiger partial charge in [-0.05, 0) is 42.8 Å². The van der Waals surface area contributed by atoms with Crippen LogP contribution < -0.4 is 9.47 Å². The first-order chi connectivity index (χ1) is 17.5. The zero-order chi connectivity index (χ0) is 25.5. The van der Waals surface area contributed by atoms with Gasteiger partial charge in [-0.25, -0.2) is 4.68 Å². The van der Waals surface area contributed by atoms with E-state index in [1.54, 1.807) is 19.1 Å². The van der Waals surface area contributed by atoms with Crippen LogP contribution in [0.4, 0.5) is 0 Å². The Kier molecular flexibility index (Phi) is 8.83. The summed E-state index contributed by atoms with van der Waals surface area (Å²) in [6.45, 7) is 2.86. The number of hydrogen-bond acceptors (Lipinski definition) is 6. The van der Waals surface area contributed by atoms with E-state index in [1.165, 1.54) is 31.0 Å². The van der Waals surface area contributed by atoms with Crippen molar-refractivity contribution in [1.82, 2.24) is 14.7 Å². The van der Waals surface area contributed by atoms with Crippen molar-refractivity contribution < 1.29 is 14.3 Å². The molecule has 8 heteroatoms. The number of benzene rings is 2. The third-order valence-electron chi connectivity index (χ3n) is 6.07. The first-order valence-electron chi connectivity index (χ1n) is 12.2. The lowest BCUT2D eigenvalue weighted by Gasteiger charge is -2.13. The summed E-state index contributed by atoms with van der Waals surface area (Å²) in [5.41, 5.74) is 3.36. The van der Waals surface area contributed by atoms with E-state index in [9.17, 15) is 4.79 Å². The van der Waals surface area contributed by atoms with Gasteiger partial charge in [-0.1, -0.05) is 74.8 Å². The number of unbranched alkanes of at least 4 members (excludes halogenated alkanes) is 4. The van der Waals surface area contributed by atoms with Crippen molar-refractivity contribution in [3.63, 3.8) is 0 Å². The second-order valence-electron chi connectivity index (χ2n) is 8.53. The summed E-state index contributed by atoms with van der Waals surface area (Å²) in [6.07, 6.45) is 9.52. The van der Waals surface area contributed by atoms with Crippen LogP contribution in [-0.4, -0.2) is 45.7 Å². The van der Waals surface area contributed by atoms with Gasteiger partial charge in [-0.2, -0.15) is 5.10 Å². The number of hydrogen-bond donors (Lipinski definition) is 0. The lowest BCUT2D eigenvalue weighted by Crippen LogP contribution is -2.29. The van der Waals surface area contributed by atoms with Gasteiger partial charge in [0.25, 0.3) is 5.91 Å². The monoisotopic (exact) mass is 521 g/mol. The van der Waals surface area contributed by atoms with Crippen molar-refractivity contribution in [1.29, 1.82) is 0 Å². The number of ether oxygens (including phenoxy) is 2. The molecule has 6 nitrogen and oxygen atoms in total. The standard InChI is InChI=1S/C28H31N3O3S2/c1-4-5-6-7-11-16-30-27(32)25(36-28(30)35)18-21-19-31(22-12-9-8-10-13-22)29-26(21)20-14-15-23(33-2)24(17-20)34-3/h8-10,12-15,17-19H,4-7,11,16H2,1-3H3/b25-18-. The van der Waals surface area contributed by atoms with Gasteiger partial charge < -0.3 is 9.47 Å². The van der Waals surface area contributed by atoms with Gasteiger partial charge in [0.2, 0.25) is 0 Å². The molecule has 0 unspecified atom stereocenters.